The molecule has 1 saturated heterocycles. The number of aryl methyl sites for hydroxylation is 1. The van der Waals surface area contributed by atoms with Gasteiger partial charge < -0.3 is 15.7 Å². The van der Waals surface area contributed by atoms with E-state index in [9.17, 15) is 14.7 Å². The van der Waals surface area contributed by atoms with Gasteiger partial charge >= 0.3 is 0 Å². The Balaban J connectivity index is 1.26. The predicted molar refractivity (Wildman–Crippen MR) is 142 cm³/mol. The van der Waals surface area contributed by atoms with Gasteiger partial charge in [0.05, 0.1) is 12.1 Å². The maximum absolute atomic E-state index is 13.3. The molecule has 0 radical (unpaired) electrons. The zero-order chi connectivity index (χ0) is 26.0. The number of rotatable bonds is 7. The molecule has 37 heavy (non-hydrogen) atoms. The number of piperidine rings is 1. The molecule has 0 spiro atoms. The van der Waals surface area contributed by atoms with Crippen molar-refractivity contribution in [2.24, 2.45) is 5.73 Å². The van der Waals surface area contributed by atoms with Crippen LogP contribution < -0.4 is 11.3 Å². The number of carbonyl (C=O) groups is 1. The fourth-order valence-electron chi connectivity index (χ4n) is 5.21. The van der Waals surface area contributed by atoms with E-state index in [1.165, 1.54) is 16.5 Å². The monoisotopic (exact) mass is 502 g/mol. The van der Waals surface area contributed by atoms with Crippen molar-refractivity contribution >= 4 is 17.1 Å². The van der Waals surface area contributed by atoms with Crippen LogP contribution in [0.2, 0.25) is 0 Å². The van der Waals surface area contributed by atoms with E-state index < -0.39 is 5.60 Å². The number of nitrogens with two attached hydrogens (primary N) is 1. The van der Waals surface area contributed by atoms with Crippen molar-refractivity contribution in [1.82, 2.24) is 24.0 Å². The first-order valence-corrected chi connectivity index (χ1v) is 13.0. The van der Waals surface area contributed by atoms with Crippen molar-refractivity contribution in [3.63, 3.8) is 0 Å². The second kappa shape index (κ2) is 10.4. The lowest BCUT2D eigenvalue weighted by molar-refractivity contribution is -0.135. The lowest BCUT2D eigenvalue weighted by atomic mass is 9.91. The SMILES string of the molecule is Cc1nc2c(=O)n(CC3(O)CCN(C(=O)CCC4=CCCC=C4)CC3)cnc2n1-c1ccc(CN)cc1. The largest absolute Gasteiger partial charge is 0.388 e. The number of carbonyl (C=O) groups excluding carboxylic acids is 1. The number of nitrogens with zero attached hydrogens (tertiary/aromatic N) is 5. The quantitative estimate of drug-likeness (QED) is 0.513. The van der Waals surface area contributed by atoms with E-state index in [2.05, 4.69) is 28.2 Å². The third-order valence-electron chi connectivity index (χ3n) is 7.44. The number of aliphatic hydroxyl groups is 1. The standard InChI is InChI=1S/C28H34N6O3/c1-20-31-25-26(34(20)23-10-7-22(17-29)8-11-23)30-19-33(27(25)36)18-28(37)13-15-32(16-14-28)24(35)12-9-21-5-3-2-4-6-21/h3,5-8,10-11,19,37H,2,4,9,12-18,29H2,1H3. The average molecular weight is 503 g/mol. The summed E-state index contributed by atoms with van der Waals surface area (Å²) in [4.78, 5) is 36.9. The summed E-state index contributed by atoms with van der Waals surface area (Å²) < 4.78 is 3.29. The van der Waals surface area contributed by atoms with Gasteiger partial charge in [0, 0.05) is 31.7 Å². The van der Waals surface area contributed by atoms with Crippen molar-refractivity contribution in [1.29, 1.82) is 0 Å². The molecule has 1 fully saturated rings. The summed E-state index contributed by atoms with van der Waals surface area (Å²) in [6.07, 6.45) is 12.1. The van der Waals surface area contributed by atoms with Crippen molar-refractivity contribution in [2.45, 2.75) is 64.1 Å². The smallest absolute Gasteiger partial charge is 0.281 e. The van der Waals surface area contributed by atoms with Crippen LogP contribution in [0.5, 0.6) is 0 Å². The van der Waals surface area contributed by atoms with Crippen LogP contribution in [0.1, 0.15) is 49.9 Å². The molecule has 1 aromatic carbocycles. The van der Waals surface area contributed by atoms with Gasteiger partial charge in [0.25, 0.3) is 5.56 Å². The number of amides is 1. The number of fused-ring (bicyclic) bond motifs is 1. The third kappa shape index (κ3) is 5.28. The Morgan fingerprint density at radius 2 is 1.92 bits per heavy atom. The van der Waals surface area contributed by atoms with Gasteiger partial charge in [-0.05, 0) is 56.7 Å². The van der Waals surface area contributed by atoms with Gasteiger partial charge in [-0.25, -0.2) is 9.97 Å². The van der Waals surface area contributed by atoms with Crippen molar-refractivity contribution in [3.05, 3.63) is 76.1 Å². The second-order valence-electron chi connectivity index (χ2n) is 10.1. The van der Waals surface area contributed by atoms with Gasteiger partial charge in [0.15, 0.2) is 11.2 Å². The molecule has 2 aromatic heterocycles. The minimum absolute atomic E-state index is 0.114. The molecule has 1 aliphatic heterocycles. The minimum atomic E-state index is -1.08. The van der Waals surface area contributed by atoms with E-state index >= 15 is 0 Å². The molecule has 2 aliphatic rings. The molecule has 0 bridgehead atoms. The summed E-state index contributed by atoms with van der Waals surface area (Å²) in [6.45, 7) is 3.36. The highest BCUT2D eigenvalue weighted by atomic mass is 16.3. The van der Waals surface area contributed by atoms with Gasteiger partial charge in [-0.15, -0.1) is 0 Å². The predicted octanol–water partition coefficient (Wildman–Crippen LogP) is 2.76. The maximum atomic E-state index is 13.3. The summed E-state index contributed by atoms with van der Waals surface area (Å²) in [5, 5.41) is 11.3. The zero-order valence-corrected chi connectivity index (χ0v) is 21.3. The number of hydrogen-bond donors (Lipinski definition) is 2. The Bertz CT molecular complexity index is 1410. The first kappa shape index (κ1) is 25.1. The van der Waals surface area contributed by atoms with E-state index in [1.54, 1.807) is 0 Å². The summed E-state index contributed by atoms with van der Waals surface area (Å²) in [6, 6.07) is 7.76. The zero-order valence-electron chi connectivity index (χ0n) is 21.3. The maximum Gasteiger partial charge on any atom is 0.281 e. The average Bonchev–Trinajstić information content (AvgIpc) is 3.26. The van der Waals surface area contributed by atoms with E-state index in [4.69, 9.17) is 5.73 Å². The van der Waals surface area contributed by atoms with Gasteiger partial charge in [0.1, 0.15) is 12.2 Å². The van der Waals surface area contributed by atoms with Crippen LogP contribution in [0.25, 0.3) is 16.9 Å². The van der Waals surface area contributed by atoms with E-state index in [-0.39, 0.29) is 23.5 Å². The van der Waals surface area contributed by atoms with Gasteiger partial charge in [0.2, 0.25) is 5.91 Å². The minimum Gasteiger partial charge on any atom is -0.388 e. The summed E-state index contributed by atoms with van der Waals surface area (Å²) in [7, 11) is 0. The molecule has 1 amide bonds. The fourth-order valence-corrected chi connectivity index (χ4v) is 5.21. The highest BCUT2D eigenvalue weighted by Crippen LogP contribution is 2.26. The fraction of sp³-hybridized carbons (Fsp3) is 0.429. The Labute approximate surface area is 215 Å². The molecular weight excluding hydrogens is 468 g/mol. The highest BCUT2D eigenvalue weighted by molar-refractivity contribution is 5.76. The molecule has 0 unspecified atom stereocenters. The van der Waals surface area contributed by atoms with E-state index in [0.717, 1.165) is 30.5 Å². The molecule has 0 saturated carbocycles. The first-order chi connectivity index (χ1) is 17.9. The Kier molecular flexibility index (Phi) is 7.08. The topological polar surface area (TPSA) is 119 Å². The summed E-state index contributed by atoms with van der Waals surface area (Å²) >= 11 is 0. The number of allylic oxidation sites excluding steroid dienone is 4. The van der Waals surface area contributed by atoms with Crippen LogP contribution in [-0.4, -0.2) is 53.7 Å². The second-order valence-corrected chi connectivity index (χ2v) is 10.1. The molecule has 3 aromatic rings. The molecule has 3 N–H and O–H groups in total. The van der Waals surface area contributed by atoms with Crippen LogP contribution in [0.15, 0.2) is 59.2 Å². The molecule has 3 heterocycles. The number of likely N-dealkylation sites (tertiary alicyclic amines) is 1. The Morgan fingerprint density at radius 1 is 1.16 bits per heavy atom. The molecule has 9 nitrogen and oxygen atoms in total. The van der Waals surface area contributed by atoms with Gasteiger partial charge in [-0.1, -0.05) is 35.9 Å². The third-order valence-corrected chi connectivity index (χ3v) is 7.44. The number of imidazole rings is 1. The van der Waals surface area contributed by atoms with Crippen LogP contribution in [0.3, 0.4) is 0 Å². The molecule has 0 atom stereocenters. The summed E-state index contributed by atoms with van der Waals surface area (Å²) in [5.74, 6) is 0.769. The number of hydrogen-bond acceptors (Lipinski definition) is 6. The van der Waals surface area contributed by atoms with Crippen LogP contribution >= 0.6 is 0 Å². The normalized spacial score (nSPS) is 17.3. The van der Waals surface area contributed by atoms with Crippen LogP contribution in [0, 0.1) is 6.92 Å². The van der Waals surface area contributed by atoms with Gasteiger partial charge in [-0.2, -0.15) is 0 Å². The lowest BCUT2D eigenvalue weighted by Crippen LogP contribution is -2.49. The van der Waals surface area contributed by atoms with Gasteiger partial charge in [-0.3, -0.25) is 18.7 Å². The van der Waals surface area contributed by atoms with Crippen LogP contribution in [0.4, 0.5) is 0 Å². The molecule has 194 valence electrons. The highest BCUT2D eigenvalue weighted by Gasteiger charge is 2.35. The lowest BCUT2D eigenvalue weighted by Gasteiger charge is -2.38. The number of aromatic nitrogens is 4. The van der Waals surface area contributed by atoms with E-state index in [0.29, 0.717) is 50.4 Å². The van der Waals surface area contributed by atoms with Crippen LogP contribution in [-0.2, 0) is 17.9 Å². The first-order valence-electron chi connectivity index (χ1n) is 13.0. The summed E-state index contributed by atoms with van der Waals surface area (Å²) in [5.41, 5.74) is 8.18. The molecule has 9 heteroatoms. The van der Waals surface area contributed by atoms with Crippen molar-refractivity contribution < 1.29 is 9.90 Å². The van der Waals surface area contributed by atoms with Crippen molar-refractivity contribution in [2.75, 3.05) is 13.1 Å². The Hall–Kier alpha value is -3.56. The molecule has 1 aliphatic carbocycles. The Morgan fingerprint density at radius 3 is 2.59 bits per heavy atom. The number of benzene rings is 1. The molecular formula is C28H34N6O3. The van der Waals surface area contributed by atoms with Crippen molar-refractivity contribution in [3.8, 4) is 5.69 Å². The molecule has 5 rings (SSSR count). The van der Waals surface area contributed by atoms with E-state index in [1.807, 2.05) is 40.7 Å².